The highest BCUT2D eigenvalue weighted by Crippen LogP contribution is 2.24. The average Bonchev–Trinajstić information content (AvgIpc) is 3.00. The summed E-state index contributed by atoms with van der Waals surface area (Å²) < 4.78 is 39.7. The lowest BCUT2D eigenvalue weighted by Gasteiger charge is -2.31. The Morgan fingerprint density at radius 1 is 1.25 bits per heavy atom. The van der Waals surface area contributed by atoms with Gasteiger partial charge in [0.2, 0.25) is 21.8 Å². The average molecular weight is 429 g/mol. The lowest BCUT2D eigenvalue weighted by molar-refractivity contribution is -0.127. The van der Waals surface area contributed by atoms with Crippen molar-refractivity contribution >= 4 is 38.8 Å². The Morgan fingerprint density at radius 2 is 1.96 bits per heavy atom. The van der Waals surface area contributed by atoms with E-state index in [0.717, 1.165) is 28.8 Å². The smallest absolute Gasteiger partial charge is 0.288 e. The lowest BCUT2D eigenvalue weighted by Crippen LogP contribution is -2.46. The fourth-order valence-electron chi connectivity index (χ4n) is 3.16. The predicted octanol–water partition coefficient (Wildman–Crippen LogP) is 1.04. The van der Waals surface area contributed by atoms with Crippen LogP contribution in [0.2, 0.25) is 0 Å². The van der Waals surface area contributed by atoms with Crippen LogP contribution in [0.15, 0.2) is 29.2 Å². The maximum atomic E-state index is 13.1. The minimum atomic E-state index is -3.81. The molecule has 1 aromatic carbocycles. The third kappa shape index (κ3) is 4.53. The number of benzene rings is 1. The Morgan fingerprint density at radius 3 is 2.61 bits per heavy atom. The molecule has 1 unspecified atom stereocenters. The van der Waals surface area contributed by atoms with Gasteiger partial charge in [0.1, 0.15) is 5.82 Å². The van der Waals surface area contributed by atoms with Gasteiger partial charge in [-0.1, -0.05) is 11.8 Å². The first kappa shape index (κ1) is 20.7. The van der Waals surface area contributed by atoms with Crippen LogP contribution >= 0.6 is 11.8 Å². The SMILES string of the molecule is O=C(NCCN1C(=O)CSC1=O)C1CCCN(S(=O)(=O)c2ccc(F)cc2)C1. The molecule has 0 spiro atoms. The molecule has 28 heavy (non-hydrogen) atoms. The van der Waals surface area contributed by atoms with Gasteiger partial charge in [-0.25, -0.2) is 12.8 Å². The highest BCUT2D eigenvalue weighted by molar-refractivity contribution is 8.14. The molecule has 1 N–H and O–H groups in total. The molecule has 0 aliphatic carbocycles. The van der Waals surface area contributed by atoms with Crippen molar-refractivity contribution in [2.45, 2.75) is 17.7 Å². The summed E-state index contributed by atoms with van der Waals surface area (Å²) in [6.07, 6.45) is 1.07. The van der Waals surface area contributed by atoms with Gasteiger partial charge in [0, 0.05) is 26.2 Å². The number of rotatable bonds is 6. The first-order chi connectivity index (χ1) is 13.3. The standard InChI is InChI=1S/C17H20FN3O5S2/c18-13-3-5-14(6-4-13)28(25,26)20-8-1-2-12(10-20)16(23)19-7-9-21-15(22)11-27-17(21)24/h3-6,12H,1-2,7-11H2,(H,19,23). The van der Waals surface area contributed by atoms with Gasteiger partial charge in [0.25, 0.3) is 5.24 Å². The molecule has 2 aliphatic heterocycles. The molecular weight excluding hydrogens is 409 g/mol. The number of sulfonamides is 1. The fourth-order valence-corrected chi connectivity index (χ4v) is 5.44. The summed E-state index contributed by atoms with van der Waals surface area (Å²) >= 11 is 0.930. The molecular formula is C17H20FN3O5S2. The zero-order valence-electron chi connectivity index (χ0n) is 15.0. The molecule has 1 aromatic rings. The summed E-state index contributed by atoms with van der Waals surface area (Å²) in [5, 5.41) is 2.35. The summed E-state index contributed by atoms with van der Waals surface area (Å²) in [6, 6.07) is 4.58. The lowest BCUT2D eigenvalue weighted by atomic mass is 9.99. The maximum Gasteiger partial charge on any atom is 0.288 e. The minimum Gasteiger partial charge on any atom is -0.354 e. The molecule has 1 atom stereocenters. The van der Waals surface area contributed by atoms with Crippen molar-refractivity contribution in [3.63, 3.8) is 0 Å². The summed E-state index contributed by atoms with van der Waals surface area (Å²) in [6.45, 7) is 0.541. The number of carbonyl (C=O) groups is 3. The first-order valence-corrected chi connectivity index (χ1v) is 11.2. The second-order valence-corrected chi connectivity index (χ2v) is 9.41. The van der Waals surface area contributed by atoms with Gasteiger partial charge >= 0.3 is 0 Å². The van der Waals surface area contributed by atoms with Gasteiger partial charge in [-0.2, -0.15) is 4.31 Å². The molecule has 0 saturated carbocycles. The molecule has 2 saturated heterocycles. The molecule has 0 aromatic heterocycles. The van der Waals surface area contributed by atoms with Crippen molar-refractivity contribution in [2.75, 3.05) is 31.9 Å². The molecule has 2 heterocycles. The highest BCUT2D eigenvalue weighted by Gasteiger charge is 2.34. The Bertz CT molecular complexity index is 859. The van der Waals surface area contributed by atoms with Crippen LogP contribution in [-0.2, 0) is 19.6 Å². The number of halogens is 1. The van der Waals surface area contributed by atoms with E-state index < -0.39 is 21.8 Å². The van der Waals surface area contributed by atoms with Gasteiger partial charge in [-0.3, -0.25) is 19.3 Å². The molecule has 3 rings (SSSR count). The van der Waals surface area contributed by atoms with Crippen LogP contribution in [0.25, 0.3) is 0 Å². The van der Waals surface area contributed by atoms with E-state index >= 15 is 0 Å². The van der Waals surface area contributed by atoms with Gasteiger partial charge in [0.05, 0.1) is 16.6 Å². The molecule has 152 valence electrons. The molecule has 2 aliphatic rings. The van der Waals surface area contributed by atoms with Crippen LogP contribution in [0.5, 0.6) is 0 Å². The van der Waals surface area contributed by atoms with E-state index in [4.69, 9.17) is 0 Å². The molecule has 8 nitrogen and oxygen atoms in total. The summed E-state index contributed by atoms with van der Waals surface area (Å²) in [7, 11) is -3.81. The minimum absolute atomic E-state index is 0.0153. The molecule has 0 bridgehead atoms. The summed E-state index contributed by atoms with van der Waals surface area (Å²) in [5.41, 5.74) is 0. The number of nitrogens with one attached hydrogen (secondary N) is 1. The topological polar surface area (TPSA) is 104 Å². The van der Waals surface area contributed by atoms with Crippen molar-refractivity contribution in [1.82, 2.24) is 14.5 Å². The van der Waals surface area contributed by atoms with Crippen molar-refractivity contribution in [3.05, 3.63) is 30.1 Å². The van der Waals surface area contributed by atoms with E-state index in [2.05, 4.69) is 5.32 Å². The number of hydrogen-bond donors (Lipinski definition) is 1. The first-order valence-electron chi connectivity index (χ1n) is 8.79. The van der Waals surface area contributed by atoms with Crippen LogP contribution in [0.3, 0.4) is 0 Å². The van der Waals surface area contributed by atoms with Gasteiger partial charge < -0.3 is 5.32 Å². The van der Waals surface area contributed by atoms with E-state index in [-0.39, 0.29) is 53.9 Å². The van der Waals surface area contributed by atoms with Gasteiger partial charge in [0.15, 0.2) is 0 Å². The van der Waals surface area contributed by atoms with Crippen molar-refractivity contribution < 1.29 is 27.2 Å². The quantitative estimate of drug-likeness (QED) is 0.725. The summed E-state index contributed by atoms with van der Waals surface area (Å²) in [4.78, 5) is 36.6. The van der Waals surface area contributed by atoms with E-state index in [1.54, 1.807) is 0 Å². The van der Waals surface area contributed by atoms with E-state index in [1.807, 2.05) is 0 Å². The van der Waals surface area contributed by atoms with E-state index in [1.165, 1.54) is 16.4 Å². The van der Waals surface area contributed by atoms with Crippen LogP contribution in [-0.4, -0.2) is 66.6 Å². The number of thioether (sulfide) groups is 1. The zero-order chi connectivity index (χ0) is 20.3. The van der Waals surface area contributed by atoms with Gasteiger partial charge in [-0.05, 0) is 37.1 Å². The second-order valence-electron chi connectivity index (χ2n) is 6.55. The van der Waals surface area contributed by atoms with E-state index in [0.29, 0.717) is 12.8 Å². The third-order valence-corrected chi connectivity index (χ3v) is 7.42. The number of imide groups is 1. The Hall–Kier alpha value is -1.98. The number of piperidine rings is 1. The predicted molar refractivity (Wildman–Crippen MR) is 100 cm³/mol. The largest absolute Gasteiger partial charge is 0.354 e. The Kier molecular flexibility index (Phi) is 6.36. The molecule has 2 fully saturated rings. The van der Waals surface area contributed by atoms with Crippen LogP contribution in [0, 0.1) is 11.7 Å². The van der Waals surface area contributed by atoms with Crippen LogP contribution < -0.4 is 5.32 Å². The molecule has 11 heteroatoms. The van der Waals surface area contributed by atoms with Gasteiger partial charge in [-0.15, -0.1) is 0 Å². The number of nitrogens with zero attached hydrogens (tertiary/aromatic N) is 2. The number of hydrogen-bond acceptors (Lipinski definition) is 6. The maximum absolute atomic E-state index is 13.1. The van der Waals surface area contributed by atoms with Crippen LogP contribution in [0.4, 0.5) is 9.18 Å². The number of carbonyl (C=O) groups excluding carboxylic acids is 3. The normalized spacial score (nSPS) is 21.2. The Balaban J connectivity index is 1.56. The van der Waals surface area contributed by atoms with Crippen molar-refractivity contribution in [3.8, 4) is 0 Å². The third-order valence-electron chi connectivity index (χ3n) is 4.68. The van der Waals surface area contributed by atoms with E-state index in [9.17, 15) is 27.2 Å². The Labute approximate surface area is 166 Å². The summed E-state index contributed by atoms with van der Waals surface area (Å²) in [5.74, 6) is -1.53. The van der Waals surface area contributed by atoms with Crippen molar-refractivity contribution in [1.29, 1.82) is 0 Å². The second kappa shape index (κ2) is 8.58. The molecule has 0 radical (unpaired) electrons. The monoisotopic (exact) mass is 429 g/mol. The number of amides is 3. The molecule has 3 amide bonds. The fraction of sp³-hybridized carbons (Fsp3) is 0.471. The highest BCUT2D eigenvalue weighted by atomic mass is 32.2. The van der Waals surface area contributed by atoms with Crippen molar-refractivity contribution in [2.24, 2.45) is 5.92 Å². The van der Waals surface area contributed by atoms with Crippen LogP contribution in [0.1, 0.15) is 12.8 Å². The zero-order valence-corrected chi connectivity index (χ0v) is 16.6.